The largest absolute Gasteiger partial charge is 0.507 e. The number of nitrogens with one attached hydrogen (secondary N) is 1. The first-order chi connectivity index (χ1) is 16.2. The van der Waals surface area contributed by atoms with E-state index in [-0.39, 0.29) is 51.8 Å². The molecule has 36 heavy (non-hydrogen) atoms. The van der Waals surface area contributed by atoms with E-state index in [2.05, 4.69) is 85.7 Å². The van der Waals surface area contributed by atoms with E-state index in [0.717, 1.165) is 35.1 Å². The van der Waals surface area contributed by atoms with E-state index in [4.69, 9.17) is 5.41 Å². The lowest BCUT2D eigenvalue weighted by atomic mass is 9.78. The zero-order valence-electron chi connectivity index (χ0n) is 23.2. The molecular formula is C31H43BrN2O2. The van der Waals surface area contributed by atoms with Gasteiger partial charge in [-0.15, -0.1) is 17.0 Å². The first kappa shape index (κ1) is 29.8. The van der Waals surface area contributed by atoms with Gasteiger partial charge in [0.2, 0.25) is 0 Å². The molecule has 196 valence electrons. The van der Waals surface area contributed by atoms with E-state index < -0.39 is 0 Å². The third-order valence-corrected chi connectivity index (χ3v) is 6.89. The lowest BCUT2D eigenvalue weighted by Gasteiger charge is -2.28. The lowest BCUT2D eigenvalue weighted by molar-refractivity contribution is 0.0963. The summed E-state index contributed by atoms with van der Waals surface area (Å²) in [5, 5.41) is 19.9. The Bertz CT molecular complexity index is 1100. The molecule has 0 spiro atoms. The van der Waals surface area contributed by atoms with E-state index in [0.29, 0.717) is 17.9 Å². The Hall–Kier alpha value is -2.40. The van der Waals surface area contributed by atoms with Crippen LogP contribution in [-0.4, -0.2) is 34.7 Å². The number of benzene rings is 2. The van der Waals surface area contributed by atoms with Gasteiger partial charge in [0.1, 0.15) is 11.6 Å². The molecule has 5 heteroatoms. The highest BCUT2D eigenvalue weighted by molar-refractivity contribution is 8.93. The summed E-state index contributed by atoms with van der Waals surface area (Å²) in [4.78, 5) is 15.5. The SMILES string of the molecule is Br.CCCC1CN(CC(=O)c2cc(C(C)(C)C)c(O)c(C(C)(C)C)c2)C(=N)C1=Cc1ccc(C)cc1. The minimum absolute atomic E-state index is 0. The number of phenols is 1. The van der Waals surface area contributed by atoms with Crippen LogP contribution >= 0.6 is 17.0 Å². The van der Waals surface area contributed by atoms with Crippen molar-refractivity contribution in [2.45, 2.75) is 79.1 Å². The van der Waals surface area contributed by atoms with Gasteiger partial charge in [-0.25, -0.2) is 0 Å². The topological polar surface area (TPSA) is 64.4 Å². The van der Waals surface area contributed by atoms with Crippen LogP contribution in [0.1, 0.15) is 93.9 Å². The molecule has 3 rings (SSSR count). The van der Waals surface area contributed by atoms with Gasteiger partial charge in [0, 0.05) is 29.2 Å². The standard InChI is InChI=1S/C31H42N2O2.BrH/c1-9-10-22-18-33(29(32)24(22)15-21-13-11-20(2)12-14-21)19-27(34)23-16-25(30(3,4)5)28(35)26(17-23)31(6,7)8;/h11-17,22,32,35H,9-10,18-19H2,1-8H3;1H. The van der Waals surface area contributed by atoms with Crippen molar-refractivity contribution in [3.8, 4) is 5.75 Å². The molecule has 0 aromatic heterocycles. The van der Waals surface area contributed by atoms with E-state index in [1.54, 1.807) is 0 Å². The monoisotopic (exact) mass is 554 g/mol. The molecule has 1 fully saturated rings. The number of hydrogen-bond acceptors (Lipinski definition) is 3. The van der Waals surface area contributed by atoms with Crippen molar-refractivity contribution in [2.24, 2.45) is 5.92 Å². The number of likely N-dealkylation sites (tertiary alicyclic amines) is 1. The minimum atomic E-state index is -0.295. The molecule has 1 saturated heterocycles. The second kappa shape index (κ2) is 11.3. The highest BCUT2D eigenvalue weighted by Crippen LogP contribution is 2.40. The predicted molar refractivity (Wildman–Crippen MR) is 157 cm³/mol. The smallest absolute Gasteiger partial charge is 0.182 e. The molecule has 0 saturated carbocycles. The fraction of sp³-hybridized carbons (Fsp3) is 0.484. The molecule has 2 aromatic carbocycles. The Balaban J connectivity index is 0.00000456. The minimum Gasteiger partial charge on any atom is -0.507 e. The van der Waals surface area contributed by atoms with Gasteiger partial charge in [0.05, 0.1) is 6.54 Å². The number of aryl methyl sites for hydroxylation is 1. The number of amidine groups is 1. The number of carbonyl (C=O) groups excluding carboxylic acids is 1. The fourth-order valence-electron chi connectivity index (χ4n) is 4.80. The average Bonchev–Trinajstić information content (AvgIpc) is 3.03. The number of halogens is 1. The van der Waals surface area contributed by atoms with Gasteiger partial charge in [0.25, 0.3) is 0 Å². The van der Waals surface area contributed by atoms with Gasteiger partial charge < -0.3 is 10.0 Å². The molecule has 4 nitrogen and oxygen atoms in total. The number of Topliss-reactive ketones (excluding diaryl/α,β-unsaturated/α-hetero) is 1. The number of nitrogens with zero attached hydrogens (tertiary/aromatic N) is 1. The zero-order chi connectivity index (χ0) is 26.1. The van der Waals surface area contributed by atoms with E-state index >= 15 is 0 Å². The van der Waals surface area contributed by atoms with Gasteiger partial charge in [-0.2, -0.15) is 0 Å². The molecule has 1 atom stereocenters. The highest BCUT2D eigenvalue weighted by Gasteiger charge is 2.34. The van der Waals surface area contributed by atoms with Crippen molar-refractivity contribution in [3.63, 3.8) is 0 Å². The third kappa shape index (κ3) is 6.67. The Morgan fingerprint density at radius 1 is 1.06 bits per heavy atom. The van der Waals surface area contributed by atoms with E-state index in [9.17, 15) is 9.90 Å². The molecule has 0 aliphatic carbocycles. The van der Waals surface area contributed by atoms with Crippen LogP contribution in [-0.2, 0) is 10.8 Å². The van der Waals surface area contributed by atoms with Crippen LogP contribution in [0.25, 0.3) is 6.08 Å². The molecule has 2 aromatic rings. The van der Waals surface area contributed by atoms with Crippen molar-refractivity contribution in [2.75, 3.05) is 13.1 Å². The molecule has 0 bridgehead atoms. The fourth-order valence-corrected chi connectivity index (χ4v) is 4.80. The van der Waals surface area contributed by atoms with E-state index in [1.807, 2.05) is 17.0 Å². The van der Waals surface area contributed by atoms with Crippen molar-refractivity contribution in [3.05, 3.63) is 69.8 Å². The Morgan fingerprint density at radius 3 is 2.06 bits per heavy atom. The number of carbonyl (C=O) groups is 1. The predicted octanol–water partition coefficient (Wildman–Crippen LogP) is 7.85. The molecular weight excluding hydrogens is 512 g/mol. The molecule has 1 unspecified atom stereocenters. The summed E-state index contributed by atoms with van der Waals surface area (Å²) in [6.07, 6.45) is 4.14. The molecule has 2 N–H and O–H groups in total. The summed E-state index contributed by atoms with van der Waals surface area (Å²) < 4.78 is 0. The normalized spacial score (nSPS) is 17.4. The maximum atomic E-state index is 13.5. The number of ketones is 1. The van der Waals surface area contributed by atoms with Crippen molar-refractivity contribution >= 4 is 34.7 Å². The van der Waals surface area contributed by atoms with Crippen LogP contribution < -0.4 is 0 Å². The quantitative estimate of drug-likeness (QED) is 0.357. The summed E-state index contributed by atoms with van der Waals surface area (Å²) in [6, 6.07) is 12.0. The summed E-state index contributed by atoms with van der Waals surface area (Å²) in [7, 11) is 0. The van der Waals surface area contributed by atoms with Crippen molar-refractivity contribution < 1.29 is 9.90 Å². The van der Waals surface area contributed by atoms with Crippen LogP contribution in [0.15, 0.2) is 42.0 Å². The Kier molecular flexibility index (Phi) is 9.39. The maximum Gasteiger partial charge on any atom is 0.182 e. The molecule has 1 aliphatic rings. The Morgan fingerprint density at radius 2 is 1.58 bits per heavy atom. The van der Waals surface area contributed by atoms with Gasteiger partial charge >= 0.3 is 0 Å². The maximum absolute atomic E-state index is 13.5. The summed E-state index contributed by atoms with van der Waals surface area (Å²) in [5.41, 5.74) is 4.90. The van der Waals surface area contributed by atoms with Gasteiger partial charge in [-0.3, -0.25) is 10.2 Å². The zero-order valence-corrected chi connectivity index (χ0v) is 24.9. The first-order valence-electron chi connectivity index (χ1n) is 12.8. The van der Waals surface area contributed by atoms with E-state index in [1.165, 1.54) is 5.56 Å². The summed E-state index contributed by atoms with van der Waals surface area (Å²) in [6.45, 7) is 17.4. The second-order valence-electron chi connectivity index (χ2n) is 12.1. The summed E-state index contributed by atoms with van der Waals surface area (Å²) >= 11 is 0. The second-order valence-corrected chi connectivity index (χ2v) is 12.1. The molecule has 0 amide bonds. The molecule has 1 heterocycles. The van der Waals surface area contributed by atoms with Gasteiger partial charge in [0.15, 0.2) is 5.78 Å². The molecule has 1 aliphatic heterocycles. The molecule has 0 radical (unpaired) electrons. The van der Waals surface area contributed by atoms with Gasteiger partial charge in [-0.1, -0.05) is 84.7 Å². The number of aromatic hydroxyl groups is 1. The number of rotatable bonds is 6. The highest BCUT2D eigenvalue weighted by atomic mass is 79.9. The van der Waals surface area contributed by atoms with Crippen LogP contribution in [0.5, 0.6) is 5.75 Å². The van der Waals surface area contributed by atoms with Crippen LogP contribution in [0.4, 0.5) is 0 Å². The van der Waals surface area contributed by atoms with Crippen molar-refractivity contribution in [1.29, 1.82) is 5.41 Å². The number of phenolic OH excluding ortho intramolecular Hbond substituents is 1. The van der Waals surface area contributed by atoms with Crippen LogP contribution in [0, 0.1) is 18.3 Å². The Labute approximate surface area is 228 Å². The summed E-state index contributed by atoms with van der Waals surface area (Å²) in [5.74, 6) is 0.958. The third-order valence-electron chi connectivity index (χ3n) is 6.89. The first-order valence-corrected chi connectivity index (χ1v) is 12.8. The number of hydrogen-bond donors (Lipinski definition) is 2. The van der Waals surface area contributed by atoms with Crippen molar-refractivity contribution in [1.82, 2.24) is 4.90 Å². The van der Waals surface area contributed by atoms with Gasteiger partial charge in [-0.05, 0) is 53.5 Å². The van der Waals surface area contributed by atoms with Crippen LogP contribution in [0.3, 0.4) is 0 Å². The van der Waals surface area contributed by atoms with Crippen LogP contribution in [0.2, 0.25) is 0 Å². The lowest BCUT2D eigenvalue weighted by Crippen LogP contribution is -2.31. The average molecular weight is 556 g/mol.